The molecule has 0 radical (unpaired) electrons. The van der Waals surface area contributed by atoms with Crippen molar-refractivity contribution in [2.45, 2.75) is 5.41 Å². The van der Waals surface area contributed by atoms with Crippen LogP contribution in [0, 0.1) is 0 Å². The van der Waals surface area contributed by atoms with Gasteiger partial charge in [0.1, 0.15) is 11.2 Å². The number of nitrogens with zero attached hydrogens (tertiary/aromatic N) is 3. The fraction of sp³-hybridized carbons (Fsp3) is 0.0172. The number of para-hydroxylation sites is 1. The molecule has 2 aliphatic carbocycles. The van der Waals surface area contributed by atoms with Crippen LogP contribution in [0.4, 0.5) is 0 Å². The highest BCUT2D eigenvalue weighted by atomic mass is 16.3. The molecule has 2 heterocycles. The molecule has 0 bridgehead atoms. The van der Waals surface area contributed by atoms with E-state index in [1.54, 1.807) is 0 Å². The summed E-state index contributed by atoms with van der Waals surface area (Å²) in [6, 6.07) is 75.8. The average molecular weight is 790 g/mol. The number of hydrogen-bond donors (Lipinski definition) is 0. The molecular weight excluding hydrogens is 755 g/mol. The highest BCUT2D eigenvalue weighted by molar-refractivity contribution is 6.06. The Bertz CT molecular complexity index is 3540. The van der Waals surface area contributed by atoms with E-state index in [0.29, 0.717) is 17.5 Å². The van der Waals surface area contributed by atoms with Crippen molar-refractivity contribution in [3.63, 3.8) is 0 Å². The number of benzene rings is 9. The quantitative estimate of drug-likeness (QED) is 0.174. The van der Waals surface area contributed by atoms with Gasteiger partial charge in [-0.3, -0.25) is 0 Å². The van der Waals surface area contributed by atoms with E-state index >= 15 is 0 Å². The second kappa shape index (κ2) is 13.4. The summed E-state index contributed by atoms with van der Waals surface area (Å²) in [6.07, 6.45) is 0. The van der Waals surface area contributed by atoms with Crippen molar-refractivity contribution >= 4 is 21.9 Å². The van der Waals surface area contributed by atoms with Gasteiger partial charge in [-0.05, 0) is 97.1 Å². The van der Waals surface area contributed by atoms with E-state index in [9.17, 15) is 0 Å². The van der Waals surface area contributed by atoms with E-state index in [2.05, 4.69) is 158 Å². The lowest BCUT2D eigenvalue weighted by atomic mass is 9.70. The van der Waals surface area contributed by atoms with Gasteiger partial charge in [0.25, 0.3) is 0 Å². The number of furan rings is 1. The van der Waals surface area contributed by atoms with Crippen molar-refractivity contribution in [1.82, 2.24) is 15.0 Å². The topological polar surface area (TPSA) is 51.8 Å². The third-order valence-electron chi connectivity index (χ3n) is 13.0. The number of aromatic nitrogens is 3. The van der Waals surface area contributed by atoms with Crippen LogP contribution < -0.4 is 0 Å². The third kappa shape index (κ3) is 5.04. The van der Waals surface area contributed by atoms with Crippen LogP contribution in [-0.4, -0.2) is 15.0 Å². The first-order chi connectivity index (χ1) is 30.7. The van der Waals surface area contributed by atoms with Gasteiger partial charge < -0.3 is 4.42 Å². The highest BCUT2D eigenvalue weighted by Crippen LogP contribution is 2.63. The monoisotopic (exact) mass is 789 g/mol. The molecule has 9 aromatic carbocycles. The molecule has 0 amide bonds. The Kier molecular flexibility index (Phi) is 7.49. The molecule has 0 saturated heterocycles. The summed E-state index contributed by atoms with van der Waals surface area (Å²) in [4.78, 5) is 15.4. The maximum Gasteiger partial charge on any atom is 0.164 e. The lowest BCUT2D eigenvalue weighted by Crippen LogP contribution is -2.25. The maximum atomic E-state index is 6.30. The number of fused-ring (bicyclic) bond motifs is 13. The molecule has 13 rings (SSSR count). The lowest BCUT2D eigenvalue weighted by molar-refractivity contribution is 0.669. The van der Waals surface area contributed by atoms with Gasteiger partial charge in [0, 0.05) is 27.5 Å². The Morgan fingerprint density at radius 1 is 0.274 bits per heavy atom. The van der Waals surface area contributed by atoms with Crippen molar-refractivity contribution in [2.75, 3.05) is 0 Å². The van der Waals surface area contributed by atoms with Gasteiger partial charge in [0.05, 0.1) is 5.41 Å². The van der Waals surface area contributed by atoms with Gasteiger partial charge in [-0.25, -0.2) is 15.0 Å². The zero-order chi connectivity index (χ0) is 40.8. The van der Waals surface area contributed by atoms with Crippen LogP contribution in [0.25, 0.3) is 101 Å². The normalized spacial score (nSPS) is 13.0. The first kappa shape index (κ1) is 34.6. The molecule has 4 heteroatoms. The fourth-order valence-electron chi connectivity index (χ4n) is 10.3. The first-order valence-electron chi connectivity index (χ1n) is 21.1. The van der Waals surface area contributed by atoms with Gasteiger partial charge >= 0.3 is 0 Å². The second-order valence-electron chi connectivity index (χ2n) is 16.3. The molecule has 0 aliphatic heterocycles. The van der Waals surface area contributed by atoms with Gasteiger partial charge in [-0.2, -0.15) is 0 Å². The summed E-state index contributed by atoms with van der Waals surface area (Å²) < 4.78 is 6.30. The van der Waals surface area contributed by atoms with Crippen LogP contribution >= 0.6 is 0 Å². The van der Waals surface area contributed by atoms with E-state index in [4.69, 9.17) is 19.4 Å². The Balaban J connectivity index is 0.951. The molecule has 0 unspecified atom stereocenters. The zero-order valence-electron chi connectivity index (χ0n) is 33.5. The molecular formula is C58H35N3O. The molecule has 0 atom stereocenters. The molecule has 0 saturated carbocycles. The van der Waals surface area contributed by atoms with Gasteiger partial charge in [0.2, 0.25) is 0 Å². The van der Waals surface area contributed by atoms with Gasteiger partial charge in [0.15, 0.2) is 17.5 Å². The Labute approximate surface area is 358 Å². The molecule has 1 spiro atoms. The number of hydrogen-bond acceptors (Lipinski definition) is 4. The van der Waals surface area contributed by atoms with Crippen molar-refractivity contribution in [1.29, 1.82) is 0 Å². The predicted octanol–water partition coefficient (Wildman–Crippen LogP) is 14.4. The number of rotatable bonds is 5. The Hall–Kier alpha value is -8.21. The van der Waals surface area contributed by atoms with Crippen LogP contribution in [0.3, 0.4) is 0 Å². The van der Waals surface area contributed by atoms with Crippen LogP contribution in [0.15, 0.2) is 217 Å². The summed E-state index contributed by atoms with van der Waals surface area (Å²) in [6.45, 7) is 0. The van der Waals surface area contributed by atoms with Gasteiger partial charge in [-0.15, -0.1) is 0 Å². The van der Waals surface area contributed by atoms with Crippen LogP contribution in [0.1, 0.15) is 22.3 Å². The maximum absolute atomic E-state index is 6.30. The Morgan fingerprint density at radius 2 is 0.774 bits per heavy atom. The molecule has 11 aromatic rings. The molecule has 0 fully saturated rings. The fourth-order valence-corrected chi connectivity index (χ4v) is 10.3. The minimum absolute atomic E-state index is 0.402. The summed E-state index contributed by atoms with van der Waals surface area (Å²) in [5, 5.41) is 2.15. The zero-order valence-corrected chi connectivity index (χ0v) is 33.5. The summed E-state index contributed by atoms with van der Waals surface area (Å²) in [7, 11) is 0. The minimum Gasteiger partial charge on any atom is -0.456 e. The summed E-state index contributed by atoms with van der Waals surface area (Å²) in [5.74, 6) is 1.81. The van der Waals surface area contributed by atoms with Crippen molar-refractivity contribution < 1.29 is 4.42 Å². The van der Waals surface area contributed by atoms with E-state index in [-0.39, 0.29) is 0 Å². The standard InChI is InChI=1S/C58H35N3O/c1-2-15-36(16-3-1)55-59-56(40-30-32-47-46-23-9-13-28-53(46)62-54(47)35-40)61-57(60-55)48-24-5-4-19-41(48)39-18-14-17-37(33-39)38-29-31-45-44-22-8-12-27-51(44)58(52(45)34-38)49-25-10-6-20-42(49)43-21-7-11-26-50(43)58/h1-35H. The second-order valence-corrected chi connectivity index (χ2v) is 16.3. The van der Waals surface area contributed by atoms with E-state index in [1.807, 2.05) is 54.6 Å². The van der Waals surface area contributed by atoms with Crippen LogP contribution in [-0.2, 0) is 5.41 Å². The summed E-state index contributed by atoms with van der Waals surface area (Å²) in [5.41, 5.74) is 19.0. The van der Waals surface area contributed by atoms with Crippen molar-refractivity contribution in [2.24, 2.45) is 0 Å². The molecule has 62 heavy (non-hydrogen) atoms. The van der Waals surface area contributed by atoms with E-state index < -0.39 is 5.41 Å². The highest BCUT2D eigenvalue weighted by Gasteiger charge is 2.51. The SMILES string of the molecule is c1ccc(-c2nc(-c3ccc4c(c3)oc3ccccc34)nc(-c3ccccc3-c3cccc(-c4ccc5c(c4)C4(c6ccccc6-c6ccccc64)c4ccccc4-5)c3)n2)cc1. The van der Waals surface area contributed by atoms with E-state index in [1.165, 1.54) is 50.1 Å². The van der Waals surface area contributed by atoms with Crippen molar-refractivity contribution in [3.8, 4) is 78.7 Å². The minimum atomic E-state index is -0.402. The molecule has 4 nitrogen and oxygen atoms in total. The van der Waals surface area contributed by atoms with Crippen LogP contribution in [0.5, 0.6) is 0 Å². The molecule has 2 aromatic heterocycles. The third-order valence-corrected chi connectivity index (χ3v) is 13.0. The van der Waals surface area contributed by atoms with Crippen molar-refractivity contribution in [3.05, 3.63) is 235 Å². The van der Waals surface area contributed by atoms with E-state index in [0.717, 1.165) is 55.3 Å². The predicted molar refractivity (Wildman–Crippen MR) is 251 cm³/mol. The molecule has 0 N–H and O–H groups in total. The largest absolute Gasteiger partial charge is 0.456 e. The summed E-state index contributed by atoms with van der Waals surface area (Å²) >= 11 is 0. The molecule has 2 aliphatic rings. The lowest BCUT2D eigenvalue weighted by Gasteiger charge is -2.30. The smallest absolute Gasteiger partial charge is 0.164 e. The van der Waals surface area contributed by atoms with Crippen LogP contribution in [0.2, 0.25) is 0 Å². The first-order valence-corrected chi connectivity index (χ1v) is 21.1. The molecule has 288 valence electrons. The Morgan fingerprint density at radius 3 is 1.50 bits per heavy atom. The van der Waals surface area contributed by atoms with Gasteiger partial charge in [-0.1, -0.05) is 182 Å². The average Bonchev–Trinajstić information content (AvgIpc) is 3.98.